The Hall–Kier alpha value is -3.59. The van der Waals surface area contributed by atoms with Gasteiger partial charge >= 0.3 is 5.92 Å². The van der Waals surface area contributed by atoms with Crippen molar-refractivity contribution >= 4 is 28.4 Å². The molecule has 170 valence electrons. The van der Waals surface area contributed by atoms with Crippen LogP contribution in [0.25, 0.3) is 11.0 Å². The van der Waals surface area contributed by atoms with Gasteiger partial charge in [0.15, 0.2) is 0 Å². The molecule has 6 nitrogen and oxygen atoms in total. The lowest BCUT2D eigenvalue weighted by Crippen LogP contribution is -2.44. The number of likely N-dealkylation sites (N-methyl/N-ethyl adjacent to an activating group) is 1. The first-order valence-electron chi connectivity index (χ1n) is 10.7. The van der Waals surface area contributed by atoms with Crippen LogP contribution in [0.3, 0.4) is 0 Å². The second-order valence-corrected chi connectivity index (χ2v) is 8.16. The molecule has 1 aliphatic heterocycles. The molecule has 5 rings (SSSR count). The van der Waals surface area contributed by atoms with Gasteiger partial charge in [-0.05, 0) is 31.3 Å². The Morgan fingerprint density at radius 1 is 0.970 bits per heavy atom. The molecule has 4 aromatic rings. The van der Waals surface area contributed by atoms with E-state index in [1.54, 1.807) is 30.3 Å². The molecular formula is C24H23F3N6. The van der Waals surface area contributed by atoms with Crippen molar-refractivity contribution in [3.05, 3.63) is 77.9 Å². The fourth-order valence-corrected chi connectivity index (χ4v) is 4.04. The normalized spacial score (nSPS) is 15.2. The number of H-pyrrole nitrogens is 1. The number of piperazine rings is 1. The number of nitrogens with one attached hydrogen (secondary N) is 2. The molecule has 0 aliphatic carbocycles. The zero-order valence-corrected chi connectivity index (χ0v) is 18.0. The van der Waals surface area contributed by atoms with Crippen molar-refractivity contribution in [1.82, 2.24) is 19.9 Å². The second-order valence-electron chi connectivity index (χ2n) is 8.16. The lowest BCUT2D eigenvalue weighted by molar-refractivity contribution is 0.0398. The molecule has 1 saturated heterocycles. The first-order valence-corrected chi connectivity index (χ1v) is 10.7. The lowest BCUT2D eigenvalue weighted by Gasteiger charge is -2.34. The van der Waals surface area contributed by atoms with Crippen molar-refractivity contribution in [2.75, 3.05) is 43.4 Å². The third-order valence-electron chi connectivity index (χ3n) is 5.90. The topological polar surface area (TPSA) is 60.1 Å². The number of aromatic amines is 1. The number of hydrogen-bond donors (Lipinski definition) is 2. The van der Waals surface area contributed by atoms with Gasteiger partial charge in [0, 0.05) is 49.0 Å². The van der Waals surface area contributed by atoms with Crippen molar-refractivity contribution in [2.45, 2.75) is 5.92 Å². The van der Waals surface area contributed by atoms with E-state index in [-0.39, 0.29) is 28.4 Å². The summed E-state index contributed by atoms with van der Waals surface area (Å²) in [5.41, 5.74) is 0.584. The highest BCUT2D eigenvalue weighted by molar-refractivity contribution is 5.81. The van der Waals surface area contributed by atoms with Crippen LogP contribution in [0.4, 0.5) is 30.5 Å². The van der Waals surface area contributed by atoms with Crippen LogP contribution in [0.5, 0.6) is 0 Å². The van der Waals surface area contributed by atoms with Gasteiger partial charge in [-0.1, -0.05) is 30.3 Å². The van der Waals surface area contributed by atoms with Crippen molar-refractivity contribution < 1.29 is 13.2 Å². The third-order valence-corrected chi connectivity index (χ3v) is 5.90. The van der Waals surface area contributed by atoms with E-state index in [2.05, 4.69) is 25.2 Å². The van der Waals surface area contributed by atoms with Crippen LogP contribution in [0.1, 0.15) is 11.3 Å². The van der Waals surface area contributed by atoms with Crippen LogP contribution in [-0.2, 0) is 5.92 Å². The maximum Gasteiger partial charge on any atom is 0.315 e. The Bertz CT molecular complexity index is 1270. The fraction of sp³-hybridized carbons (Fsp3) is 0.250. The van der Waals surface area contributed by atoms with Crippen molar-refractivity contribution in [3.8, 4) is 0 Å². The molecule has 2 aromatic heterocycles. The van der Waals surface area contributed by atoms with Crippen LogP contribution in [0.2, 0.25) is 0 Å². The molecule has 2 aromatic carbocycles. The van der Waals surface area contributed by atoms with Crippen molar-refractivity contribution in [3.63, 3.8) is 0 Å². The van der Waals surface area contributed by atoms with E-state index < -0.39 is 11.6 Å². The molecule has 0 saturated carbocycles. The van der Waals surface area contributed by atoms with E-state index in [4.69, 9.17) is 0 Å². The smallest absolute Gasteiger partial charge is 0.315 e. The zero-order chi connectivity index (χ0) is 23.0. The largest absolute Gasteiger partial charge is 0.367 e. The molecule has 0 spiro atoms. The Balaban J connectivity index is 1.46. The predicted octanol–water partition coefficient (Wildman–Crippen LogP) is 4.73. The van der Waals surface area contributed by atoms with Gasteiger partial charge in [-0.2, -0.15) is 13.8 Å². The summed E-state index contributed by atoms with van der Waals surface area (Å²) in [5, 5.41) is 3.11. The van der Waals surface area contributed by atoms with E-state index in [9.17, 15) is 4.39 Å². The first kappa shape index (κ1) is 21.3. The van der Waals surface area contributed by atoms with Crippen LogP contribution >= 0.6 is 0 Å². The second kappa shape index (κ2) is 8.40. The summed E-state index contributed by atoms with van der Waals surface area (Å²) in [5.74, 6) is -3.76. The maximum absolute atomic E-state index is 15.4. The molecule has 1 aliphatic rings. The number of fused-ring (bicyclic) bond motifs is 1. The molecule has 0 atom stereocenters. The lowest BCUT2D eigenvalue weighted by atomic mass is 10.0. The average Bonchev–Trinajstić information content (AvgIpc) is 3.28. The highest BCUT2D eigenvalue weighted by Gasteiger charge is 2.38. The quantitative estimate of drug-likeness (QED) is 0.458. The molecule has 3 heterocycles. The van der Waals surface area contributed by atoms with Crippen molar-refractivity contribution in [1.29, 1.82) is 0 Å². The minimum absolute atomic E-state index is 0.0395. The average molecular weight is 452 g/mol. The summed E-state index contributed by atoms with van der Waals surface area (Å²) in [6, 6.07) is 13.8. The van der Waals surface area contributed by atoms with Gasteiger partial charge in [-0.3, -0.25) is 0 Å². The monoisotopic (exact) mass is 452 g/mol. The molecule has 0 amide bonds. The van der Waals surface area contributed by atoms with E-state index in [0.717, 1.165) is 26.2 Å². The van der Waals surface area contributed by atoms with E-state index >= 15 is 8.78 Å². The molecule has 0 radical (unpaired) electrons. The number of aromatic nitrogens is 3. The van der Waals surface area contributed by atoms with Crippen LogP contribution in [-0.4, -0.2) is 53.1 Å². The Morgan fingerprint density at radius 2 is 1.73 bits per heavy atom. The van der Waals surface area contributed by atoms with Gasteiger partial charge in [0.1, 0.15) is 17.2 Å². The van der Waals surface area contributed by atoms with Crippen LogP contribution in [0.15, 0.2) is 60.8 Å². The number of anilines is 3. The molecule has 1 fully saturated rings. The Kier molecular flexibility index (Phi) is 5.41. The number of hydrogen-bond acceptors (Lipinski definition) is 5. The minimum atomic E-state index is -3.34. The molecule has 33 heavy (non-hydrogen) atoms. The summed E-state index contributed by atoms with van der Waals surface area (Å²) in [6.07, 6.45) is 1.54. The minimum Gasteiger partial charge on any atom is -0.367 e. The zero-order valence-electron chi connectivity index (χ0n) is 18.0. The Labute approximate surface area is 189 Å². The van der Waals surface area contributed by atoms with Gasteiger partial charge in [-0.25, -0.2) is 9.37 Å². The highest BCUT2D eigenvalue weighted by atomic mass is 19.3. The summed E-state index contributed by atoms with van der Waals surface area (Å²) in [6.45, 7) is 3.21. The Morgan fingerprint density at radius 3 is 2.45 bits per heavy atom. The molecule has 0 bridgehead atoms. The van der Waals surface area contributed by atoms with Gasteiger partial charge in [0.05, 0.1) is 5.69 Å². The summed E-state index contributed by atoms with van der Waals surface area (Å²) in [4.78, 5) is 15.5. The SMILES string of the molecule is CN1CCN(c2ccc(Nc3nc(C(F)(F)c4ccccc4)c4cc[nH]c4n3)cc2F)CC1. The third kappa shape index (κ3) is 4.11. The van der Waals surface area contributed by atoms with Gasteiger partial charge in [0.2, 0.25) is 5.95 Å². The number of benzene rings is 2. The standard InChI is InChI=1S/C24H23F3N6/c1-32-11-13-33(14-12-32)20-8-7-17(15-19(20)25)29-23-30-21(18-9-10-28-22(18)31-23)24(26,27)16-5-3-2-4-6-16/h2-10,15H,11-14H2,1H3,(H2,28,29,30,31). The summed E-state index contributed by atoms with van der Waals surface area (Å²) < 4.78 is 45.6. The van der Waals surface area contributed by atoms with Crippen LogP contribution in [0, 0.1) is 5.82 Å². The van der Waals surface area contributed by atoms with Crippen LogP contribution < -0.4 is 10.2 Å². The maximum atomic E-state index is 15.4. The van der Waals surface area contributed by atoms with E-state index in [0.29, 0.717) is 11.4 Å². The van der Waals surface area contributed by atoms with Gasteiger partial charge < -0.3 is 20.1 Å². The number of halogens is 3. The van der Waals surface area contributed by atoms with Gasteiger partial charge in [-0.15, -0.1) is 0 Å². The number of alkyl halides is 2. The summed E-state index contributed by atoms with van der Waals surface area (Å²) >= 11 is 0. The summed E-state index contributed by atoms with van der Waals surface area (Å²) in [7, 11) is 2.04. The number of nitrogens with zero attached hydrogens (tertiary/aromatic N) is 4. The molecule has 9 heteroatoms. The first-order chi connectivity index (χ1) is 15.9. The highest BCUT2D eigenvalue weighted by Crippen LogP contribution is 2.38. The van der Waals surface area contributed by atoms with Gasteiger partial charge in [0.25, 0.3) is 0 Å². The van der Waals surface area contributed by atoms with E-state index in [1.807, 2.05) is 11.9 Å². The predicted molar refractivity (Wildman–Crippen MR) is 123 cm³/mol. The van der Waals surface area contributed by atoms with E-state index in [1.165, 1.54) is 30.5 Å². The number of rotatable bonds is 5. The molecule has 0 unspecified atom stereocenters. The molecule has 2 N–H and O–H groups in total. The fourth-order valence-electron chi connectivity index (χ4n) is 4.04. The molecular weight excluding hydrogens is 429 g/mol. The van der Waals surface area contributed by atoms with Crippen molar-refractivity contribution in [2.24, 2.45) is 0 Å².